The molecular formula is C15H15N5O. The average Bonchev–Trinajstić information content (AvgIpc) is 2.49. The van der Waals surface area contributed by atoms with Gasteiger partial charge >= 0.3 is 0 Å². The number of fused-ring (bicyclic) bond motifs is 1. The highest BCUT2D eigenvalue weighted by atomic mass is 16.2. The number of nitrogens with one attached hydrogen (secondary N) is 1. The minimum absolute atomic E-state index is 0.0776. The first-order chi connectivity index (χ1) is 9.92. The summed E-state index contributed by atoms with van der Waals surface area (Å²) in [6, 6.07) is 5.92. The molecule has 1 fully saturated rings. The smallest absolute Gasteiger partial charge is 0.219 e. The fraction of sp³-hybridized carbons (Fsp3) is 0.533. The van der Waals surface area contributed by atoms with Crippen molar-refractivity contribution in [3.8, 4) is 18.2 Å². The molecule has 0 unspecified atom stereocenters. The van der Waals surface area contributed by atoms with Crippen LogP contribution in [-0.4, -0.2) is 29.6 Å². The van der Waals surface area contributed by atoms with Crippen LogP contribution in [0.1, 0.15) is 13.8 Å². The summed E-state index contributed by atoms with van der Waals surface area (Å²) in [6.45, 7) is 4.01. The van der Waals surface area contributed by atoms with E-state index in [9.17, 15) is 20.6 Å². The van der Waals surface area contributed by atoms with Gasteiger partial charge in [-0.3, -0.25) is 4.79 Å². The van der Waals surface area contributed by atoms with Crippen LogP contribution in [-0.2, 0) is 4.79 Å². The average molecular weight is 281 g/mol. The first kappa shape index (κ1) is 14.8. The van der Waals surface area contributed by atoms with Crippen LogP contribution in [0.4, 0.5) is 0 Å². The third kappa shape index (κ3) is 1.90. The van der Waals surface area contributed by atoms with Gasteiger partial charge in [0, 0.05) is 31.8 Å². The Bertz CT molecular complexity index is 643. The fourth-order valence-corrected chi connectivity index (χ4v) is 3.25. The topological polar surface area (TPSA) is 116 Å². The van der Waals surface area contributed by atoms with Crippen LogP contribution >= 0.6 is 0 Å². The molecule has 0 radical (unpaired) electrons. The lowest BCUT2D eigenvalue weighted by molar-refractivity contribution is -0.129. The number of nitrogens with zero attached hydrogens (tertiary/aromatic N) is 4. The van der Waals surface area contributed by atoms with Gasteiger partial charge in [-0.1, -0.05) is 13.0 Å². The molecule has 1 aliphatic carbocycles. The van der Waals surface area contributed by atoms with Gasteiger partial charge in [-0.15, -0.1) is 0 Å². The van der Waals surface area contributed by atoms with Crippen molar-refractivity contribution in [2.75, 3.05) is 13.1 Å². The van der Waals surface area contributed by atoms with Gasteiger partial charge in [0.05, 0.1) is 23.9 Å². The van der Waals surface area contributed by atoms with E-state index in [-0.39, 0.29) is 17.5 Å². The maximum Gasteiger partial charge on any atom is 0.219 e. The highest BCUT2D eigenvalue weighted by Gasteiger charge is 2.55. The zero-order valence-corrected chi connectivity index (χ0v) is 11.9. The van der Waals surface area contributed by atoms with Gasteiger partial charge in [0.1, 0.15) is 5.92 Å². The van der Waals surface area contributed by atoms with E-state index in [4.69, 9.17) is 5.41 Å². The SMILES string of the molecule is CC(=O)N1CC=C2[C@H](C#N)C(=N)C(C#N)(C#N)[C@@H](C)[C@@H]2C1. The number of nitriles is 3. The molecule has 106 valence electrons. The lowest BCUT2D eigenvalue weighted by Gasteiger charge is -2.46. The Labute approximate surface area is 123 Å². The van der Waals surface area contributed by atoms with Gasteiger partial charge in [0.25, 0.3) is 0 Å². The van der Waals surface area contributed by atoms with Crippen LogP contribution < -0.4 is 0 Å². The predicted molar refractivity (Wildman–Crippen MR) is 73.5 cm³/mol. The summed E-state index contributed by atoms with van der Waals surface area (Å²) in [4.78, 5) is 13.2. The minimum Gasteiger partial charge on any atom is -0.339 e. The largest absolute Gasteiger partial charge is 0.339 e. The number of hydrogen-bond acceptors (Lipinski definition) is 5. The van der Waals surface area contributed by atoms with E-state index in [1.54, 1.807) is 17.9 Å². The highest BCUT2D eigenvalue weighted by Crippen LogP contribution is 2.48. The molecule has 0 aromatic carbocycles. The van der Waals surface area contributed by atoms with E-state index in [0.29, 0.717) is 13.1 Å². The molecule has 0 aromatic heterocycles. The molecule has 2 aliphatic rings. The Balaban J connectivity index is 2.55. The standard InChI is InChI=1S/C15H15N5O/c1-9-13-6-20(10(2)21)4-3-11(13)12(5-16)14(19)15(9,7-17)8-18/h3,9,12-13,19H,4,6H2,1-2H3/t9-,12-,13-/m0/s1. The second kappa shape index (κ2) is 5.04. The number of carbonyl (C=O) groups excluding carboxylic acids is 1. The molecule has 0 saturated heterocycles. The second-order valence-corrected chi connectivity index (χ2v) is 5.53. The molecule has 3 atom stereocenters. The minimum atomic E-state index is -1.60. The van der Waals surface area contributed by atoms with Crippen molar-refractivity contribution in [1.29, 1.82) is 21.2 Å². The molecule has 1 amide bonds. The van der Waals surface area contributed by atoms with E-state index in [0.717, 1.165) is 5.57 Å². The number of amides is 1. The van der Waals surface area contributed by atoms with Gasteiger partial charge in [-0.2, -0.15) is 15.8 Å². The summed E-state index contributed by atoms with van der Waals surface area (Å²) in [6.07, 6.45) is 1.80. The molecule has 1 saturated carbocycles. The van der Waals surface area contributed by atoms with E-state index < -0.39 is 17.3 Å². The van der Waals surface area contributed by atoms with Crippen molar-refractivity contribution in [3.05, 3.63) is 11.6 Å². The highest BCUT2D eigenvalue weighted by molar-refractivity contribution is 6.00. The molecule has 2 rings (SSSR count). The van der Waals surface area contributed by atoms with Gasteiger partial charge in [0.15, 0.2) is 5.41 Å². The zero-order chi connectivity index (χ0) is 15.8. The Morgan fingerprint density at radius 3 is 2.52 bits per heavy atom. The van der Waals surface area contributed by atoms with E-state index in [2.05, 4.69) is 0 Å². The van der Waals surface area contributed by atoms with E-state index in [1.807, 2.05) is 18.2 Å². The summed E-state index contributed by atoms with van der Waals surface area (Å²) >= 11 is 0. The fourth-order valence-electron chi connectivity index (χ4n) is 3.25. The quantitative estimate of drug-likeness (QED) is 0.672. The molecule has 1 heterocycles. The van der Waals surface area contributed by atoms with Crippen molar-refractivity contribution in [2.45, 2.75) is 13.8 Å². The van der Waals surface area contributed by atoms with Crippen molar-refractivity contribution < 1.29 is 4.79 Å². The van der Waals surface area contributed by atoms with E-state index in [1.165, 1.54) is 6.92 Å². The summed E-state index contributed by atoms with van der Waals surface area (Å²) in [5, 5.41) is 36.4. The van der Waals surface area contributed by atoms with E-state index >= 15 is 0 Å². The van der Waals surface area contributed by atoms with Crippen LogP contribution in [0.3, 0.4) is 0 Å². The van der Waals surface area contributed by atoms with Gasteiger partial charge in [-0.25, -0.2) is 0 Å². The Morgan fingerprint density at radius 2 is 2.05 bits per heavy atom. The Morgan fingerprint density at radius 1 is 1.43 bits per heavy atom. The molecular weight excluding hydrogens is 266 g/mol. The lowest BCUT2D eigenvalue weighted by Crippen LogP contribution is -2.53. The molecule has 0 aromatic rings. The first-order valence-electron chi connectivity index (χ1n) is 6.69. The first-order valence-corrected chi connectivity index (χ1v) is 6.69. The number of hydrogen-bond donors (Lipinski definition) is 1. The monoisotopic (exact) mass is 281 g/mol. The summed E-state index contributed by atoms with van der Waals surface area (Å²) in [5.41, 5.74) is -0.961. The molecule has 1 aliphatic heterocycles. The van der Waals surface area contributed by atoms with Crippen molar-refractivity contribution in [3.63, 3.8) is 0 Å². The lowest BCUT2D eigenvalue weighted by atomic mass is 9.56. The van der Waals surface area contributed by atoms with Gasteiger partial charge < -0.3 is 10.3 Å². The Hall–Kier alpha value is -2.65. The molecule has 6 nitrogen and oxygen atoms in total. The molecule has 0 spiro atoms. The summed E-state index contributed by atoms with van der Waals surface area (Å²) in [7, 11) is 0. The zero-order valence-electron chi connectivity index (χ0n) is 11.9. The molecule has 21 heavy (non-hydrogen) atoms. The summed E-state index contributed by atoms with van der Waals surface area (Å²) in [5.74, 6) is -1.59. The van der Waals surface area contributed by atoms with Gasteiger partial charge in [0.2, 0.25) is 5.91 Å². The van der Waals surface area contributed by atoms with Crippen LogP contribution in [0, 0.1) is 62.6 Å². The normalized spacial score (nSPS) is 30.2. The molecule has 1 N–H and O–H groups in total. The van der Waals surface area contributed by atoms with Crippen LogP contribution in [0.25, 0.3) is 0 Å². The third-order valence-electron chi connectivity index (χ3n) is 4.65. The summed E-state index contributed by atoms with van der Waals surface area (Å²) < 4.78 is 0. The molecule has 6 heteroatoms. The maximum atomic E-state index is 11.6. The van der Waals surface area contributed by atoms with Crippen LogP contribution in [0.2, 0.25) is 0 Å². The Kier molecular flexibility index (Phi) is 3.54. The third-order valence-corrected chi connectivity index (χ3v) is 4.65. The van der Waals surface area contributed by atoms with Gasteiger partial charge in [-0.05, 0) is 5.57 Å². The predicted octanol–water partition coefficient (Wildman–Crippen LogP) is 1.23. The van der Waals surface area contributed by atoms with Crippen molar-refractivity contribution >= 4 is 11.6 Å². The number of rotatable bonds is 0. The maximum absolute atomic E-state index is 11.6. The van der Waals surface area contributed by atoms with Crippen LogP contribution in [0.15, 0.2) is 11.6 Å². The van der Waals surface area contributed by atoms with Crippen molar-refractivity contribution in [1.82, 2.24) is 4.90 Å². The number of carbonyl (C=O) groups is 1. The van der Waals surface area contributed by atoms with Crippen molar-refractivity contribution in [2.24, 2.45) is 23.2 Å². The molecule has 0 bridgehead atoms. The van der Waals surface area contributed by atoms with Crippen LogP contribution in [0.5, 0.6) is 0 Å². The second-order valence-electron chi connectivity index (χ2n) is 5.53.